The van der Waals surface area contributed by atoms with Crippen molar-refractivity contribution in [1.29, 1.82) is 0 Å². The van der Waals surface area contributed by atoms with Crippen LogP contribution < -0.4 is 0 Å². The Labute approximate surface area is 110 Å². The number of aromatic nitrogens is 1. The highest BCUT2D eigenvalue weighted by atomic mass is 16.6. The zero-order valence-corrected chi connectivity index (χ0v) is 10.6. The molecule has 1 aromatic heterocycles. The third kappa shape index (κ3) is 2.46. The molecular weight excluding hydrogens is 244 g/mol. The van der Waals surface area contributed by atoms with Gasteiger partial charge in [0.2, 0.25) is 0 Å². The maximum Gasteiger partial charge on any atom is 0.270 e. The molecule has 0 bridgehead atoms. The lowest BCUT2D eigenvalue weighted by atomic mass is 10.2. The van der Waals surface area contributed by atoms with Gasteiger partial charge in [0.15, 0.2) is 0 Å². The van der Waals surface area contributed by atoms with Crippen molar-refractivity contribution in [3.05, 3.63) is 40.6 Å². The molecule has 100 valence electrons. The fraction of sp³-hybridized carbons (Fsp3) is 0.429. The van der Waals surface area contributed by atoms with Crippen molar-refractivity contribution in [1.82, 2.24) is 4.57 Å². The van der Waals surface area contributed by atoms with Crippen molar-refractivity contribution in [2.75, 3.05) is 6.61 Å². The first-order valence-corrected chi connectivity index (χ1v) is 6.59. The van der Waals surface area contributed by atoms with Gasteiger partial charge in [-0.05, 0) is 31.4 Å². The largest absolute Gasteiger partial charge is 0.378 e. The van der Waals surface area contributed by atoms with Gasteiger partial charge in [-0.25, -0.2) is 0 Å². The van der Waals surface area contributed by atoms with Crippen molar-refractivity contribution >= 4 is 16.6 Å². The second kappa shape index (κ2) is 5.01. The number of aryl methyl sites for hydroxylation is 1. The summed E-state index contributed by atoms with van der Waals surface area (Å²) in [4.78, 5) is 10.4. The van der Waals surface area contributed by atoms with E-state index in [1.807, 2.05) is 18.3 Å². The van der Waals surface area contributed by atoms with E-state index in [-0.39, 0.29) is 10.6 Å². The fourth-order valence-electron chi connectivity index (χ4n) is 2.65. The Kier molecular flexibility index (Phi) is 3.21. The summed E-state index contributed by atoms with van der Waals surface area (Å²) < 4.78 is 7.75. The molecule has 1 atom stereocenters. The van der Waals surface area contributed by atoms with Crippen LogP contribution in [0.3, 0.4) is 0 Å². The quantitative estimate of drug-likeness (QED) is 0.627. The molecule has 19 heavy (non-hydrogen) atoms. The molecule has 5 nitrogen and oxygen atoms in total. The average molecular weight is 260 g/mol. The predicted molar refractivity (Wildman–Crippen MR) is 72.2 cm³/mol. The Balaban J connectivity index is 1.78. The third-order valence-electron chi connectivity index (χ3n) is 3.68. The van der Waals surface area contributed by atoms with Crippen LogP contribution >= 0.6 is 0 Å². The molecule has 2 heterocycles. The minimum Gasteiger partial charge on any atom is -0.378 e. The van der Waals surface area contributed by atoms with Crippen LogP contribution in [0, 0.1) is 10.1 Å². The highest BCUT2D eigenvalue weighted by molar-refractivity contribution is 5.82. The Bertz CT molecular complexity index is 600. The molecule has 1 fully saturated rings. The highest BCUT2D eigenvalue weighted by Crippen LogP contribution is 2.23. The number of nitro groups is 1. The molecule has 1 aliphatic heterocycles. The third-order valence-corrected chi connectivity index (χ3v) is 3.68. The molecule has 1 unspecified atom stereocenters. The molecule has 5 heteroatoms. The molecule has 0 saturated carbocycles. The maximum absolute atomic E-state index is 10.7. The van der Waals surface area contributed by atoms with Crippen LogP contribution in [0.1, 0.15) is 19.3 Å². The summed E-state index contributed by atoms with van der Waals surface area (Å²) in [5.41, 5.74) is 1.19. The van der Waals surface area contributed by atoms with E-state index >= 15 is 0 Å². The molecule has 0 amide bonds. The maximum atomic E-state index is 10.7. The van der Waals surface area contributed by atoms with Crippen molar-refractivity contribution in [2.45, 2.75) is 31.9 Å². The smallest absolute Gasteiger partial charge is 0.270 e. The van der Waals surface area contributed by atoms with Gasteiger partial charge in [0.1, 0.15) is 0 Å². The summed E-state index contributed by atoms with van der Waals surface area (Å²) in [7, 11) is 0. The van der Waals surface area contributed by atoms with Gasteiger partial charge in [-0.2, -0.15) is 0 Å². The van der Waals surface area contributed by atoms with Gasteiger partial charge in [0, 0.05) is 42.4 Å². The minimum atomic E-state index is -0.358. The molecule has 0 aliphatic carbocycles. The summed E-state index contributed by atoms with van der Waals surface area (Å²) >= 11 is 0. The van der Waals surface area contributed by atoms with Gasteiger partial charge in [0.05, 0.1) is 11.0 Å². The van der Waals surface area contributed by atoms with Crippen molar-refractivity contribution in [2.24, 2.45) is 0 Å². The van der Waals surface area contributed by atoms with Crippen molar-refractivity contribution < 1.29 is 9.66 Å². The van der Waals surface area contributed by atoms with E-state index in [2.05, 4.69) is 4.57 Å². The average Bonchev–Trinajstić information content (AvgIpc) is 3.05. The SMILES string of the molecule is O=[N+]([O-])c1ccc2c(ccn2CCC2CCCO2)c1. The van der Waals surface area contributed by atoms with E-state index in [1.165, 1.54) is 0 Å². The molecule has 2 aromatic rings. The molecule has 0 spiro atoms. The van der Waals surface area contributed by atoms with Crippen molar-refractivity contribution in [3.8, 4) is 0 Å². The Morgan fingerprint density at radius 2 is 2.32 bits per heavy atom. The van der Waals surface area contributed by atoms with Crippen LogP contribution in [-0.2, 0) is 11.3 Å². The zero-order valence-electron chi connectivity index (χ0n) is 10.6. The van der Waals surface area contributed by atoms with E-state index < -0.39 is 0 Å². The first kappa shape index (κ1) is 12.2. The summed E-state index contributed by atoms with van der Waals surface area (Å²) in [6.45, 7) is 1.77. The molecule has 0 radical (unpaired) electrons. The summed E-state index contributed by atoms with van der Waals surface area (Å²) in [5, 5.41) is 11.7. The Hall–Kier alpha value is -1.88. The number of fused-ring (bicyclic) bond motifs is 1. The standard InChI is InChI=1S/C14H16N2O3/c17-16(18)12-3-4-14-11(10-12)5-7-15(14)8-6-13-2-1-9-19-13/h3-5,7,10,13H,1-2,6,8-9H2. The number of ether oxygens (including phenoxy) is 1. The van der Waals surface area contributed by atoms with Crippen LogP contribution in [0.25, 0.3) is 10.9 Å². The monoisotopic (exact) mass is 260 g/mol. The highest BCUT2D eigenvalue weighted by Gasteiger charge is 2.15. The number of hydrogen-bond acceptors (Lipinski definition) is 3. The van der Waals surface area contributed by atoms with E-state index in [1.54, 1.807) is 12.1 Å². The zero-order chi connectivity index (χ0) is 13.2. The lowest BCUT2D eigenvalue weighted by Gasteiger charge is -2.10. The molecule has 1 aromatic carbocycles. The normalized spacial score (nSPS) is 19.1. The first-order chi connectivity index (χ1) is 9.24. The molecule has 1 aliphatic rings. The van der Waals surface area contributed by atoms with Gasteiger partial charge in [-0.1, -0.05) is 0 Å². The van der Waals surface area contributed by atoms with Crippen molar-refractivity contribution in [3.63, 3.8) is 0 Å². The lowest BCUT2D eigenvalue weighted by Crippen LogP contribution is -2.09. The molecular formula is C14H16N2O3. The summed E-state index contributed by atoms with van der Waals surface area (Å²) in [6.07, 6.45) is 5.66. The Morgan fingerprint density at radius 3 is 3.05 bits per heavy atom. The number of hydrogen-bond donors (Lipinski definition) is 0. The van der Waals surface area contributed by atoms with Gasteiger partial charge in [-0.15, -0.1) is 0 Å². The molecule has 3 rings (SSSR count). The van der Waals surface area contributed by atoms with Gasteiger partial charge < -0.3 is 9.30 Å². The Morgan fingerprint density at radius 1 is 1.42 bits per heavy atom. The number of nitrogens with zero attached hydrogens (tertiary/aromatic N) is 2. The number of nitro benzene ring substituents is 1. The van der Waals surface area contributed by atoms with E-state index in [0.29, 0.717) is 6.10 Å². The van der Waals surface area contributed by atoms with E-state index in [0.717, 1.165) is 43.3 Å². The summed E-state index contributed by atoms with van der Waals surface area (Å²) in [6, 6.07) is 6.93. The minimum absolute atomic E-state index is 0.143. The number of benzene rings is 1. The second-order valence-electron chi connectivity index (χ2n) is 4.93. The lowest BCUT2D eigenvalue weighted by molar-refractivity contribution is -0.384. The topological polar surface area (TPSA) is 57.3 Å². The summed E-state index contributed by atoms with van der Waals surface area (Å²) in [5.74, 6) is 0. The first-order valence-electron chi connectivity index (χ1n) is 6.59. The van der Waals surface area contributed by atoms with E-state index in [4.69, 9.17) is 4.74 Å². The van der Waals surface area contributed by atoms with Crippen LogP contribution in [-0.4, -0.2) is 22.2 Å². The second-order valence-corrected chi connectivity index (χ2v) is 4.93. The molecule has 0 N–H and O–H groups in total. The van der Waals surface area contributed by atoms with Gasteiger partial charge in [-0.3, -0.25) is 10.1 Å². The van der Waals surface area contributed by atoms with Crippen LogP contribution in [0.5, 0.6) is 0 Å². The fourth-order valence-corrected chi connectivity index (χ4v) is 2.65. The predicted octanol–water partition coefficient (Wildman–Crippen LogP) is 3.12. The van der Waals surface area contributed by atoms with Crippen LogP contribution in [0.2, 0.25) is 0 Å². The van der Waals surface area contributed by atoms with Crippen LogP contribution in [0.4, 0.5) is 5.69 Å². The van der Waals surface area contributed by atoms with Crippen LogP contribution in [0.15, 0.2) is 30.5 Å². The van der Waals surface area contributed by atoms with Gasteiger partial charge >= 0.3 is 0 Å². The van der Waals surface area contributed by atoms with E-state index in [9.17, 15) is 10.1 Å². The van der Waals surface area contributed by atoms with Gasteiger partial charge in [0.25, 0.3) is 5.69 Å². The number of non-ortho nitro benzene ring substituents is 1. The number of rotatable bonds is 4. The molecule has 1 saturated heterocycles.